The molecule has 2 rings (SSSR count). The molecule has 0 aliphatic rings. The van der Waals surface area contributed by atoms with Crippen molar-refractivity contribution >= 4 is 32.4 Å². The Kier molecular flexibility index (Phi) is 4.93. The lowest BCUT2D eigenvalue weighted by Gasteiger charge is -2.06. The van der Waals surface area contributed by atoms with Crippen LogP contribution in [0.4, 0.5) is 5.13 Å². The number of anilines is 1. The van der Waals surface area contributed by atoms with E-state index >= 15 is 0 Å². The lowest BCUT2D eigenvalue weighted by Crippen LogP contribution is -2.20. The number of aromatic nitrogens is 2. The first-order valence-corrected chi connectivity index (χ1v) is 8.57. The normalized spacial score (nSPS) is 11.1. The number of sulfonamides is 1. The summed E-state index contributed by atoms with van der Waals surface area (Å²) in [6.07, 6.45) is 0.686. The number of carbonyl (C=O) groups is 1. The van der Waals surface area contributed by atoms with E-state index in [1.807, 2.05) is 6.92 Å². The number of primary amides is 1. The molecule has 3 N–H and O–H groups in total. The van der Waals surface area contributed by atoms with Gasteiger partial charge in [0.15, 0.2) is 6.61 Å². The molecule has 0 saturated heterocycles. The lowest BCUT2D eigenvalue weighted by molar-refractivity contribution is -0.119. The van der Waals surface area contributed by atoms with Gasteiger partial charge in [-0.2, -0.15) is 0 Å². The second-order valence-electron chi connectivity index (χ2n) is 4.19. The minimum absolute atomic E-state index is 0.0483. The number of hydrogen-bond donors (Lipinski definition) is 2. The van der Waals surface area contributed by atoms with Crippen molar-refractivity contribution in [3.05, 3.63) is 29.3 Å². The number of rotatable bonds is 7. The maximum atomic E-state index is 12.2. The summed E-state index contributed by atoms with van der Waals surface area (Å²) in [5.74, 6) is -0.261. The molecule has 0 unspecified atom stereocenters. The molecule has 0 radical (unpaired) electrons. The summed E-state index contributed by atoms with van der Waals surface area (Å²) in [5, 5.41) is 8.57. The number of ether oxygens (including phenoxy) is 1. The second kappa shape index (κ2) is 6.71. The smallest absolute Gasteiger partial charge is 0.263 e. The van der Waals surface area contributed by atoms with Gasteiger partial charge in [0.05, 0.1) is 4.90 Å². The van der Waals surface area contributed by atoms with E-state index in [0.29, 0.717) is 12.2 Å². The molecule has 0 bridgehead atoms. The molecule has 22 heavy (non-hydrogen) atoms. The number of nitrogens with two attached hydrogens (primary N) is 1. The minimum Gasteiger partial charge on any atom is -0.484 e. The summed E-state index contributed by atoms with van der Waals surface area (Å²) in [7, 11) is -3.75. The molecule has 1 heterocycles. The van der Waals surface area contributed by atoms with Crippen molar-refractivity contribution in [1.82, 2.24) is 10.2 Å². The van der Waals surface area contributed by atoms with Crippen molar-refractivity contribution in [3.63, 3.8) is 0 Å². The number of benzene rings is 1. The maximum Gasteiger partial charge on any atom is 0.263 e. The van der Waals surface area contributed by atoms with E-state index in [-0.39, 0.29) is 16.6 Å². The van der Waals surface area contributed by atoms with Crippen LogP contribution in [0.2, 0.25) is 0 Å². The molecule has 1 amide bonds. The topological polar surface area (TPSA) is 124 Å². The summed E-state index contributed by atoms with van der Waals surface area (Å²) in [4.78, 5) is 10.7. The molecule has 0 atom stereocenters. The van der Waals surface area contributed by atoms with Gasteiger partial charge in [-0.25, -0.2) is 8.42 Å². The van der Waals surface area contributed by atoms with Gasteiger partial charge in [-0.1, -0.05) is 18.3 Å². The average Bonchev–Trinajstić information content (AvgIpc) is 2.92. The molecule has 0 saturated carbocycles. The predicted octanol–water partition coefficient (Wildman–Crippen LogP) is 0.765. The van der Waals surface area contributed by atoms with Crippen molar-refractivity contribution < 1.29 is 17.9 Å². The van der Waals surface area contributed by atoms with Gasteiger partial charge in [-0.15, -0.1) is 10.2 Å². The van der Waals surface area contributed by atoms with Gasteiger partial charge in [-0.3, -0.25) is 9.52 Å². The molecule has 0 aliphatic carbocycles. The Hall–Kier alpha value is -2.20. The molecule has 8 nitrogen and oxygen atoms in total. The summed E-state index contributed by atoms with van der Waals surface area (Å²) < 4.78 is 31.8. The average molecular weight is 342 g/mol. The van der Waals surface area contributed by atoms with Crippen LogP contribution in [0.15, 0.2) is 29.2 Å². The summed E-state index contributed by atoms with van der Waals surface area (Å²) in [6, 6.07) is 5.60. The van der Waals surface area contributed by atoms with Gasteiger partial charge in [0.1, 0.15) is 10.8 Å². The van der Waals surface area contributed by atoms with Crippen LogP contribution in [-0.4, -0.2) is 31.1 Å². The van der Waals surface area contributed by atoms with Crippen molar-refractivity contribution in [3.8, 4) is 5.75 Å². The first-order valence-electron chi connectivity index (χ1n) is 6.27. The molecule has 118 valence electrons. The fourth-order valence-corrected chi connectivity index (χ4v) is 3.39. The highest BCUT2D eigenvalue weighted by Crippen LogP contribution is 2.21. The van der Waals surface area contributed by atoms with E-state index in [1.165, 1.54) is 35.6 Å². The molecule has 2 aromatic rings. The standard InChI is InChI=1S/C12H14N4O4S2/c1-2-11-14-15-12(21-11)16-22(18,19)9-5-3-8(4-6-9)20-7-10(13)17/h3-6H,2,7H2,1H3,(H2,13,17)(H,15,16). The SMILES string of the molecule is CCc1nnc(NS(=O)(=O)c2ccc(OCC(N)=O)cc2)s1. The number of carbonyl (C=O) groups excluding carboxylic acids is 1. The van der Waals surface area contributed by atoms with Crippen LogP contribution in [0.1, 0.15) is 11.9 Å². The first-order chi connectivity index (χ1) is 10.4. The van der Waals surface area contributed by atoms with Crippen molar-refractivity contribution in [2.75, 3.05) is 11.3 Å². The molecular weight excluding hydrogens is 328 g/mol. The molecule has 0 fully saturated rings. The zero-order valence-corrected chi connectivity index (χ0v) is 13.3. The number of aryl methyl sites for hydroxylation is 1. The van der Waals surface area contributed by atoms with E-state index in [4.69, 9.17) is 10.5 Å². The third kappa shape index (κ3) is 4.15. The summed E-state index contributed by atoms with van der Waals surface area (Å²) in [6.45, 7) is 1.64. The quantitative estimate of drug-likeness (QED) is 0.765. The van der Waals surface area contributed by atoms with E-state index in [9.17, 15) is 13.2 Å². The van der Waals surface area contributed by atoms with Crippen LogP contribution in [0.5, 0.6) is 5.75 Å². The van der Waals surface area contributed by atoms with Crippen molar-refractivity contribution in [1.29, 1.82) is 0 Å². The van der Waals surface area contributed by atoms with Crippen LogP contribution < -0.4 is 15.2 Å². The number of hydrogen-bond acceptors (Lipinski definition) is 7. The monoisotopic (exact) mass is 342 g/mol. The van der Waals surface area contributed by atoms with Crippen LogP contribution in [0.3, 0.4) is 0 Å². The third-order valence-electron chi connectivity index (χ3n) is 2.51. The molecular formula is C12H14N4O4S2. The fraction of sp³-hybridized carbons (Fsp3) is 0.250. The van der Waals surface area contributed by atoms with Gasteiger partial charge in [0, 0.05) is 0 Å². The highest BCUT2D eigenvalue weighted by Gasteiger charge is 2.16. The Morgan fingerprint density at radius 2 is 2.00 bits per heavy atom. The lowest BCUT2D eigenvalue weighted by atomic mass is 10.3. The molecule has 10 heteroatoms. The Labute approximate surface area is 131 Å². The van der Waals surface area contributed by atoms with Gasteiger partial charge in [0.2, 0.25) is 5.13 Å². The molecule has 0 aliphatic heterocycles. The van der Waals surface area contributed by atoms with Crippen molar-refractivity contribution in [2.24, 2.45) is 5.73 Å². The van der Waals surface area contributed by atoms with E-state index in [2.05, 4.69) is 14.9 Å². The summed E-state index contributed by atoms with van der Waals surface area (Å²) >= 11 is 1.18. The van der Waals surface area contributed by atoms with E-state index < -0.39 is 15.9 Å². The third-order valence-corrected chi connectivity index (χ3v) is 4.97. The van der Waals surface area contributed by atoms with Gasteiger partial charge in [0.25, 0.3) is 15.9 Å². The van der Waals surface area contributed by atoms with Crippen LogP contribution in [-0.2, 0) is 21.2 Å². The fourth-order valence-electron chi connectivity index (χ4n) is 1.48. The zero-order chi connectivity index (χ0) is 16.2. The van der Waals surface area contributed by atoms with Gasteiger partial charge < -0.3 is 10.5 Å². The van der Waals surface area contributed by atoms with Crippen LogP contribution >= 0.6 is 11.3 Å². The number of amides is 1. The highest BCUT2D eigenvalue weighted by atomic mass is 32.2. The van der Waals surface area contributed by atoms with Crippen molar-refractivity contribution in [2.45, 2.75) is 18.2 Å². The van der Waals surface area contributed by atoms with E-state index in [0.717, 1.165) is 5.01 Å². The zero-order valence-electron chi connectivity index (χ0n) is 11.6. The molecule has 1 aromatic heterocycles. The first kappa shape index (κ1) is 16.2. The minimum atomic E-state index is -3.75. The molecule has 0 spiro atoms. The van der Waals surface area contributed by atoms with Gasteiger partial charge in [-0.05, 0) is 30.7 Å². The number of nitrogens with one attached hydrogen (secondary N) is 1. The molecule has 1 aromatic carbocycles. The largest absolute Gasteiger partial charge is 0.484 e. The highest BCUT2D eigenvalue weighted by molar-refractivity contribution is 7.93. The Morgan fingerprint density at radius 3 is 2.55 bits per heavy atom. The predicted molar refractivity (Wildman–Crippen MR) is 81.2 cm³/mol. The number of nitrogens with zero attached hydrogens (tertiary/aromatic N) is 2. The van der Waals surface area contributed by atoms with E-state index in [1.54, 1.807) is 0 Å². The summed E-state index contributed by atoms with van der Waals surface area (Å²) in [5.41, 5.74) is 4.96. The Balaban J connectivity index is 2.10. The van der Waals surface area contributed by atoms with Crippen LogP contribution in [0, 0.1) is 0 Å². The maximum absolute atomic E-state index is 12.2. The van der Waals surface area contributed by atoms with Crippen LogP contribution in [0.25, 0.3) is 0 Å². The second-order valence-corrected chi connectivity index (χ2v) is 6.93. The Bertz CT molecular complexity index is 756. The van der Waals surface area contributed by atoms with Gasteiger partial charge >= 0.3 is 0 Å². The Morgan fingerprint density at radius 1 is 1.32 bits per heavy atom.